The normalized spacial score (nSPS) is 14.0. The number of nitriles is 2. The van der Waals surface area contributed by atoms with Gasteiger partial charge in [-0.15, -0.1) is 34.0 Å². The first-order chi connectivity index (χ1) is 41.9. The molecule has 86 heavy (non-hydrogen) atoms. The molecular weight excluding hydrogens is 1160 g/mol. The van der Waals surface area contributed by atoms with E-state index < -0.39 is 17.6 Å². The van der Waals surface area contributed by atoms with Crippen molar-refractivity contribution in [2.45, 2.75) is 6.18 Å². The number of alkyl halides is 3. The van der Waals surface area contributed by atoms with Crippen LogP contribution in [0.5, 0.6) is 0 Å². The summed E-state index contributed by atoms with van der Waals surface area (Å²) in [6.45, 7) is 10.5. The second kappa shape index (κ2) is 28.4. The molecule has 12 rings (SSSR count). The van der Waals surface area contributed by atoms with Gasteiger partial charge in [-0.3, -0.25) is 29.3 Å². The van der Waals surface area contributed by atoms with Crippen LogP contribution < -0.4 is 46.6 Å². The lowest BCUT2D eigenvalue weighted by atomic mass is 10.1. The summed E-state index contributed by atoms with van der Waals surface area (Å²) < 4.78 is 38.9. The molecule has 6 N–H and O–H groups in total. The van der Waals surface area contributed by atoms with Crippen LogP contribution in [0.4, 0.5) is 47.3 Å². The largest absolute Gasteiger partial charge is 0.416 e. The molecule has 9 aromatic rings. The van der Waals surface area contributed by atoms with Crippen molar-refractivity contribution in [1.82, 2.24) is 45.9 Å². The van der Waals surface area contributed by atoms with Gasteiger partial charge in [-0.2, -0.15) is 23.7 Å². The zero-order valence-corrected chi connectivity index (χ0v) is 48.3. The minimum atomic E-state index is -4.44. The summed E-state index contributed by atoms with van der Waals surface area (Å²) in [5, 5.41) is 43.4. The predicted molar refractivity (Wildman–Crippen MR) is 329 cm³/mol. The fraction of sp³-hybridized carbons (Fsp3) is 0.217. The number of carbonyl (C=O) groups excluding carboxylic acids is 3. The molecule has 20 nitrogen and oxygen atoms in total. The molecule has 26 heteroatoms. The van der Waals surface area contributed by atoms with Gasteiger partial charge >= 0.3 is 6.18 Å². The van der Waals surface area contributed by atoms with E-state index in [2.05, 4.69) is 88.6 Å². The van der Waals surface area contributed by atoms with Crippen LogP contribution in [-0.4, -0.2) is 126 Å². The van der Waals surface area contributed by atoms with Gasteiger partial charge in [0.1, 0.15) is 32.1 Å². The van der Waals surface area contributed by atoms with Gasteiger partial charge in [0.15, 0.2) is 0 Å². The van der Waals surface area contributed by atoms with E-state index in [1.54, 1.807) is 78.3 Å². The maximum absolute atomic E-state index is 13.0. The van der Waals surface area contributed by atoms with Crippen molar-refractivity contribution >= 4 is 85.9 Å². The Morgan fingerprint density at radius 3 is 1.23 bits per heavy atom. The second-order valence-corrected chi connectivity index (χ2v) is 21.9. The van der Waals surface area contributed by atoms with E-state index >= 15 is 0 Å². The van der Waals surface area contributed by atoms with Gasteiger partial charge in [-0.25, -0.2) is 15.0 Å². The van der Waals surface area contributed by atoms with Crippen LogP contribution in [-0.2, 0) is 6.18 Å². The van der Waals surface area contributed by atoms with Crippen molar-refractivity contribution in [3.05, 3.63) is 178 Å². The summed E-state index contributed by atoms with van der Waals surface area (Å²) in [5.74, 6) is -0.974. The number of aromatic nitrogens is 6. The van der Waals surface area contributed by atoms with Crippen LogP contribution in [0.2, 0.25) is 0 Å². The van der Waals surface area contributed by atoms with E-state index in [9.17, 15) is 27.6 Å². The molecular formula is C60H54F3N17O3S3. The Labute approximate surface area is 504 Å². The van der Waals surface area contributed by atoms with Crippen molar-refractivity contribution < 1.29 is 27.6 Å². The third-order valence-corrected chi connectivity index (χ3v) is 16.3. The molecule has 0 aliphatic carbocycles. The Kier molecular flexibility index (Phi) is 19.7. The van der Waals surface area contributed by atoms with Gasteiger partial charge in [-0.05, 0) is 54.6 Å². The Morgan fingerprint density at radius 2 is 0.849 bits per heavy atom. The summed E-state index contributed by atoms with van der Waals surface area (Å²) in [4.78, 5) is 70.3. The molecule has 436 valence electrons. The van der Waals surface area contributed by atoms with E-state index in [-0.39, 0.29) is 17.5 Å². The van der Waals surface area contributed by atoms with Crippen LogP contribution in [0.3, 0.4) is 0 Å². The zero-order chi connectivity index (χ0) is 59.8. The molecule has 0 saturated carbocycles. The second-order valence-electron chi connectivity index (χ2n) is 19.3. The molecule has 3 fully saturated rings. The molecule has 3 amide bonds. The number of carbonyl (C=O) groups is 3. The lowest BCUT2D eigenvalue weighted by Gasteiger charge is -2.30. The number of hydrogen-bond acceptors (Lipinski definition) is 20. The molecule has 0 atom stereocenters. The molecule has 6 aromatic heterocycles. The Morgan fingerprint density at radius 1 is 0.477 bits per heavy atom. The highest BCUT2D eigenvalue weighted by Crippen LogP contribution is 2.35. The average molecular weight is 1210 g/mol. The van der Waals surface area contributed by atoms with Crippen LogP contribution >= 0.6 is 34.0 Å². The van der Waals surface area contributed by atoms with Crippen LogP contribution in [0.1, 0.15) is 48.2 Å². The topological polar surface area (TPSA) is 258 Å². The van der Waals surface area contributed by atoms with E-state index in [0.717, 1.165) is 135 Å². The minimum Gasteiger partial charge on any atom is -0.367 e. The van der Waals surface area contributed by atoms with Crippen molar-refractivity contribution in [2.24, 2.45) is 0 Å². The number of piperazine rings is 3. The third kappa shape index (κ3) is 15.2. The third-order valence-electron chi connectivity index (χ3n) is 13.7. The van der Waals surface area contributed by atoms with Gasteiger partial charge in [-0.1, -0.05) is 36.4 Å². The smallest absolute Gasteiger partial charge is 0.367 e. The average Bonchev–Trinajstić information content (AvgIpc) is 3.46. The molecule has 9 heterocycles. The standard InChI is InChI=1S/C20H18F3N5OS.2C20H18N6OS/c21-20(22,23)14-3-1-2-13(10-14)19-27-16(12-30-19)18(29)26-15-11-25-5-4-17(15)28-8-6-24-7-9-28;21-11-14-1-3-15(4-2-14)20-25-17(13-28-20)19(27)24-16-12-23-6-5-18(16)26-9-7-22-8-10-26;21-11-14-2-1-3-15(10-14)20-25-17(13-28-20)19(27)24-16-12-23-5-4-18(16)26-8-6-22-7-9-26/h1-5,10-12,24H,6-9H2,(H,26,29);1-6,12-13,22H,7-10H2,(H,24,27);1-5,10,12-13,22H,6-9H2,(H,24,27). The Balaban J connectivity index is 0.000000143. The van der Waals surface area contributed by atoms with Crippen molar-refractivity contribution in [2.75, 3.05) is 109 Å². The molecule has 3 aromatic carbocycles. The van der Waals surface area contributed by atoms with Gasteiger partial charge in [0.2, 0.25) is 0 Å². The number of rotatable bonds is 12. The highest BCUT2D eigenvalue weighted by molar-refractivity contribution is 7.14. The number of nitrogens with one attached hydrogen (secondary N) is 6. The first kappa shape index (κ1) is 59.6. The van der Waals surface area contributed by atoms with Crippen LogP contribution in [0.15, 0.2) is 144 Å². The maximum Gasteiger partial charge on any atom is 0.416 e. The first-order valence-corrected chi connectivity index (χ1v) is 29.7. The molecule has 0 bridgehead atoms. The predicted octanol–water partition coefficient (Wildman–Crippen LogP) is 9.36. The minimum absolute atomic E-state index is 0.141. The Hall–Kier alpha value is -9.54. The number of amides is 3. The van der Waals surface area contributed by atoms with E-state index in [0.29, 0.717) is 55.2 Å². The van der Waals surface area contributed by atoms with Crippen molar-refractivity contribution in [3.8, 4) is 43.9 Å². The Bertz CT molecular complexity index is 3900. The lowest BCUT2D eigenvalue weighted by Crippen LogP contribution is -2.43. The summed E-state index contributed by atoms with van der Waals surface area (Å²) in [7, 11) is 0. The van der Waals surface area contributed by atoms with Gasteiger partial charge < -0.3 is 46.6 Å². The van der Waals surface area contributed by atoms with E-state index in [1.807, 2.05) is 42.5 Å². The molecule has 3 aliphatic rings. The number of pyridine rings is 3. The van der Waals surface area contributed by atoms with Crippen molar-refractivity contribution in [1.29, 1.82) is 10.5 Å². The molecule has 3 aliphatic heterocycles. The van der Waals surface area contributed by atoms with Gasteiger partial charge in [0.05, 0.1) is 81.5 Å². The summed E-state index contributed by atoms with van der Waals surface area (Å²) in [5.41, 5.74) is 7.99. The molecule has 0 radical (unpaired) electrons. The monoisotopic (exact) mass is 1210 g/mol. The van der Waals surface area contributed by atoms with Crippen LogP contribution in [0, 0.1) is 22.7 Å². The first-order valence-electron chi connectivity index (χ1n) is 27.1. The maximum atomic E-state index is 13.0. The van der Waals surface area contributed by atoms with Crippen LogP contribution in [0.25, 0.3) is 31.7 Å². The van der Waals surface area contributed by atoms with E-state index in [1.165, 1.54) is 34.1 Å². The van der Waals surface area contributed by atoms with Crippen molar-refractivity contribution in [3.63, 3.8) is 0 Å². The number of halogens is 3. The quantitative estimate of drug-likeness (QED) is 0.0666. The molecule has 0 spiro atoms. The highest BCUT2D eigenvalue weighted by atomic mass is 32.1. The molecule has 0 unspecified atom stereocenters. The zero-order valence-electron chi connectivity index (χ0n) is 45.8. The number of thiazole rings is 3. The fourth-order valence-corrected chi connectivity index (χ4v) is 11.7. The molecule has 3 saturated heterocycles. The van der Waals surface area contributed by atoms with Gasteiger partial charge in [0.25, 0.3) is 17.7 Å². The van der Waals surface area contributed by atoms with Gasteiger partial charge in [0, 0.05) is 130 Å². The SMILES string of the molecule is N#Cc1ccc(-c2nc(C(=O)Nc3cnccc3N3CCNCC3)cs2)cc1.N#Cc1cccc(-c2nc(C(=O)Nc3cnccc3N3CCNCC3)cs2)c1.O=C(Nc1cnccc1N1CCNCC1)c1csc(-c2cccc(C(F)(F)F)c2)n1. The number of nitrogens with zero attached hydrogens (tertiary/aromatic N) is 11. The summed E-state index contributed by atoms with van der Waals surface area (Å²) >= 11 is 3.89. The number of anilines is 6. The number of hydrogen-bond donors (Lipinski definition) is 6. The fourth-order valence-electron chi connectivity index (χ4n) is 9.32. The highest BCUT2D eigenvalue weighted by Gasteiger charge is 2.31. The lowest BCUT2D eigenvalue weighted by molar-refractivity contribution is -0.137. The summed E-state index contributed by atoms with van der Waals surface area (Å²) in [6, 6.07) is 29.2. The summed E-state index contributed by atoms with van der Waals surface area (Å²) in [6.07, 6.45) is 5.61. The van der Waals surface area contributed by atoms with E-state index in [4.69, 9.17) is 10.5 Å². The number of benzene rings is 3.